The average molecular weight is 280 g/mol. The van der Waals surface area contributed by atoms with Gasteiger partial charge in [0.25, 0.3) is 0 Å². The first-order valence-electron chi connectivity index (χ1n) is 4.80. The third kappa shape index (κ3) is 3.00. The molecule has 0 fully saturated rings. The Morgan fingerprint density at radius 2 is 1.89 bits per heavy atom. The van der Waals surface area contributed by atoms with Crippen LogP contribution < -0.4 is 4.72 Å². The smallest absolute Gasteiger partial charge is 0.305 e. The summed E-state index contributed by atoms with van der Waals surface area (Å²) >= 11 is 0. The van der Waals surface area contributed by atoms with Crippen LogP contribution in [0.2, 0.25) is 0 Å². The zero-order valence-electron chi connectivity index (χ0n) is 9.59. The number of halogens is 3. The normalized spacial score (nSPS) is 12.3. The molecule has 0 saturated carbocycles. The van der Waals surface area contributed by atoms with E-state index >= 15 is 0 Å². The molecule has 18 heavy (non-hydrogen) atoms. The minimum Gasteiger partial charge on any atom is -0.305 e. The van der Waals surface area contributed by atoms with Gasteiger partial charge in [0, 0.05) is 11.3 Å². The summed E-state index contributed by atoms with van der Waals surface area (Å²) in [5.74, 6) is 0. The highest BCUT2D eigenvalue weighted by Gasteiger charge is 2.46. The van der Waals surface area contributed by atoms with Crippen molar-refractivity contribution in [1.82, 2.24) is 0 Å². The van der Waals surface area contributed by atoms with Gasteiger partial charge in [0.15, 0.2) is 0 Å². The SMILES string of the molecule is CC(=N)c1cc(C)ccc1NS(=O)(=O)C(F)(F)F. The van der Waals surface area contributed by atoms with Crippen LogP contribution in [-0.4, -0.2) is 19.6 Å². The second kappa shape index (κ2) is 4.60. The van der Waals surface area contributed by atoms with Crippen LogP contribution in [0.4, 0.5) is 18.9 Å². The molecule has 1 rings (SSSR count). The van der Waals surface area contributed by atoms with Gasteiger partial charge < -0.3 is 5.41 Å². The highest BCUT2D eigenvalue weighted by Crippen LogP contribution is 2.27. The molecule has 1 aromatic carbocycles. The zero-order valence-corrected chi connectivity index (χ0v) is 10.4. The first-order chi connectivity index (χ1) is 8.04. The Kier molecular flexibility index (Phi) is 3.70. The Hall–Kier alpha value is -1.57. The molecule has 4 nitrogen and oxygen atoms in total. The van der Waals surface area contributed by atoms with E-state index in [0.29, 0.717) is 5.56 Å². The van der Waals surface area contributed by atoms with Crippen molar-refractivity contribution in [3.63, 3.8) is 0 Å². The van der Waals surface area contributed by atoms with E-state index in [2.05, 4.69) is 0 Å². The van der Waals surface area contributed by atoms with E-state index in [0.717, 1.165) is 0 Å². The lowest BCUT2D eigenvalue weighted by atomic mass is 10.1. The third-order valence-electron chi connectivity index (χ3n) is 2.13. The average Bonchev–Trinajstić information content (AvgIpc) is 2.18. The summed E-state index contributed by atoms with van der Waals surface area (Å²) in [4.78, 5) is 0. The minimum atomic E-state index is -5.47. The Morgan fingerprint density at radius 3 is 2.33 bits per heavy atom. The Morgan fingerprint density at radius 1 is 1.33 bits per heavy atom. The lowest BCUT2D eigenvalue weighted by Crippen LogP contribution is -2.30. The summed E-state index contributed by atoms with van der Waals surface area (Å²) in [6.07, 6.45) is 0. The molecular formula is C10H11F3N2O2S. The first kappa shape index (κ1) is 14.5. The molecule has 100 valence electrons. The lowest BCUT2D eigenvalue weighted by molar-refractivity contribution is -0.0429. The van der Waals surface area contributed by atoms with Crippen LogP contribution in [0.15, 0.2) is 18.2 Å². The molecule has 0 unspecified atom stereocenters. The maximum atomic E-state index is 12.2. The van der Waals surface area contributed by atoms with Crippen molar-refractivity contribution in [1.29, 1.82) is 5.41 Å². The van der Waals surface area contributed by atoms with Crippen LogP contribution in [-0.2, 0) is 10.0 Å². The molecule has 2 N–H and O–H groups in total. The van der Waals surface area contributed by atoms with Crippen LogP contribution in [0.25, 0.3) is 0 Å². The molecule has 0 spiro atoms. The molecule has 0 aliphatic rings. The van der Waals surface area contributed by atoms with Crippen LogP contribution >= 0.6 is 0 Å². The van der Waals surface area contributed by atoms with Gasteiger partial charge in [-0.3, -0.25) is 4.72 Å². The molecule has 0 aliphatic carbocycles. The molecular weight excluding hydrogens is 269 g/mol. The van der Waals surface area contributed by atoms with Gasteiger partial charge in [-0.2, -0.15) is 21.6 Å². The highest BCUT2D eigenvalue weighted by molar-refractivity contribution is 7.93. The van der Waals surface area contributed by atoms with E-state index < -0.39 is 15.5 Å². The van der Waals surface area contributed by atoms with Crippen molar-refractivity contribution >= 4 is 21.4 Å². The molecule has 0 amide bonds. The number of hydrogen-bond acceptors (Lipinski definition) is 3. The fourth-order valence-electron chi connectivity index (χ4n) is 1.26. The molecule has 0 aromatic heterocycles. The van der Waals surface area contributed by atoms with E-state index in [1.54, 1.807) is 6.92 Å². The molecule has 0 heterocycles. The molecule has 0 aliphatic heterocycles. The van der Waals surface area contributed by atoms with E-state index in [-0.39, 0.29) is 17.0 Å². The summed E-state index contributed by atoms with van der Waals surface area (Å²) in [7, 11) is -5.47. The van der Waals surface area contributed by atoms with Crippen molar-refractivity contribution in [3.05, 3.63) is 29.3 Å². The Labute approximate surface area is 102 Å². The zero-order chi connectivity index (χ0) is 14.1. The largest absolute Gasteiger partial charge is 0.516 e. The van der Waals surface area contributed by atoms with Crippen molar-refractivity contribution in [2.45, 2.75) is 19.4 Å². The number of sulfonamides is 1. The molecule has 8 heteroatoms. The second-order valence-electron chi connectivity index (χ2n) is 3.73. The Bertz CT molecular complexity index is 579. The van der Waals surface area contributed by atoms with Gasteiger partial charge in [-0.05, 0) is 26.0 Å². The highest BCUT2D eigenvalue weighted by atomic mass is 32.2. The topological polar surface area (TPSA) is 70.0 Å². The molecule has 0 bridgehead atoms. The molecule has 0 radical (unpaired) electrons. The number of rotatable bonds is 3. The number of benzene rings is 1. The van der Waals surface area contributed by atoms with Crippen molar-refractivity contribution in [2.24, 2.45) is 0 Å². The van der Waals surface area contributed by atoms with Crippen LogP contribution in [0.3, 0.4) is 0 Å². The molecule has 1 aromatic rings. The summed E-state index contributed by atoms with van der Waals surface area (Å²) < 4.78 is 60.1. The maximum absolute atomic E-state index is 12.2. The third-order valence-corrected chi connectivity index (χ3v) is 3.23. The van der Waals surface area contributed by atoms with Crippen molar-refractivity contribution < 1.29 is 21.6 Å². The first-order valence-corrected chi connectivity index (χ1v) is 6.28. The predicted octanol–water partition coefficient (Wildman–Crippen LogP) is 2.64. The second-order valence-corrected chi connectivity index (χ2v) is 5.40. The lowest BCUT2D eigenvalue weighted by Gasteiger charge is -2.14. The fraction of sp³-hybridized carbons (Fsp3) is 0.300. The summed E-state index contributed by atoms with van der Waals surface area (Å²) in [5, 5.41) is 7.42. The number of alkyl halides is 3. The van der Waals surface area contributed by atoms with Gasteiger partial charge >= 0.3 is 15.5 Å². The maximum Gasteiger partial charge on any atom is 0.516 e. The number of aryl methyl sites for hydroxylation is 1. The van der Waals surface area contributed by atoms with Crippen molar-refractivity contribution in [2.75, 3.05) is 4.72 Å². The summed E-state index contributed by atoms with van der Waals surface area (Å²) in [6, 6.07) is 4.10. The molecule has 0 atom stereocenters. The van der Waals surface area contributed by atoms with Gasteiger partial charge in [0.2, 0.25) is 0 Å². The monoisotopic (exact) mass is 280 g/mol. The number of nitrogens with one attached hydrogen (secondary N) is 2. The number of hydrogen-bond donors (Lipinski definition) is 2. The van der Waals surface area contributed by atoms with Gasteiger partial charge in [0.1, 0.15) is 0 Å². The van der Waals surface area contributed by atoms with Crippen molar-refractivity contribution in [3.8, 4) is 0 Å². The van der Waals surface area contributed by atoms with Gasteiger partial charge in [-0.25, -0.2) is 0 Å². The van der Waals surface area contributed by atoms with Crippen LogP contribution in [0.1, 0.15) is 18.1 Å². The van der Waals surface area contributed by atoms with E-state index in [9.17, 15) is 21.6 Å². The van der Waals surface area contributed by atoms with Gasteiger partial charge in [0.05, 0.1) is 5.69 Å². The predicted molar refractivity (Wildman–Crippen MR) is 62.3 cm³/mol. The standard InChI is InChI=1S/C10H11F3N2O2S/c1-6-3-4-9(8(5-6)7(2)14)15-18(16,17)10(11,12)13/h3-5,14-15H,1-2H3. The quantitative estimate of drug-likeness (QED) is 0.836. The fourth-order valence-corrected chi connectivity index (χ4v) is 1.84. The van der Waals surface area contributed by atoms with E-state index in [4.69, 9.17) is 5.41 Å². The summed E-state index contributed by atoms with van der Waals surface area (Å²) in [6.45, 7) is 3.05. The Balaban J connectivity index is 3.25. The molecule has 0 saturated heterocycles. The van der Waals surface area contributed by atoms with Gasteiger partial charge in [-0.1, -0.05) is 11.6 Å². The van der Waals surface area contributed by atoms with Gasteiger partial charge in [-0.15, -0.1) is 0 Å². The summed E-state index contributed by atoms with van der Waals surface area (Å²) in [5.41, 5.74) is -4.84. The van der Waals surface area contributed by atoms with Crippen LogP contribution in [0.5, 0.6) is 0 Å². The van der Waals surface area contributed by atoms with Crippen LogP contribution in [0, 0.1) is 12.3 Å². The van der Waals surface area contributed by atoms with E-state index in [1.165, 1.54) is 29.8 Å². The minimum absolute atomic E-state index is 0.0291. The number of anilines is 1. The van der Waals surface area contributed by atoms with E-state index in [1.807, 2.05) is 0 Å².